The van der Waals surface area contributed by atoms with Crippen LogP contribution in [0.5, 0.6) is 0 Å². The molecule has 1 fully saturated rings. The van der Waals surface area contributed by atoms with Crippen LogP contribution in [0, 0.1) is 0 Å². The largest absolute Gasteiger partial charge is 0.339 e. The molecule has 1 saturated heterocycles. The maximum absolute atomic E-state index is 12.1. The van der Waals surface area contributed by atoms with Crippen molar-refractivity contribution in [3.05, 3.63) is 30.1 Å². The first-order valence-corrected chi connectivity index (χ1v) is 7.13. The lowest BCUT2D eigenvalue weighted by molar-refractivity contribution is -0.137. The Morgan fingerprint density at radius 2 is 1.95 bits per heavy atom. The van der Waals surface area contributed by atoms with Gasteiger partial charge in [0, 0.05) is 38.4 Å². The average Bonchev–Trinajstić information content (AvgIpc) is 2.46. The molecule has 1 amide bonds. The van der Waals surface area contributed by atoms with Gasteiger partial charge in [0.25, 0.3) is 0 Å². The number of amides is 1. The number of carbonyl (C=O) groups is 1. The van der Waals surface area contributed by atoms with Gasteiger partial charge in [-0.05, 0) is 32.9 Å². The van der Waals surface area contributed by atoms with E-state index < -0.39 is 5.54 Å². The van der Waals surface area contributed by atoms with Crippen molar-refractivity contribution in [2.75, 3.05) is 26.2 Å². The van der Waals surface area contributed by atoms with Crippen molar-refractivity contribution >= 4 is 5.91 Å². The highest BCUT2D eigenvalue weighted by molar-refractivity contribution is 5.85. The molecule has 0 aliphatic carbocycles. The zero-order valence-corrected chi connectivity index (χ0v) is 12.5. The molecule has 1 aliphatic heterocycles. The molecule has 0 saturated carbocycles. The molecule has 0 bridgehead atoms. The Labute approximate surface area is 120 Å². The first-order valence-electron chi connectivity index (χ1n) is 7.13. The number of hydrogen-bond donors (Lipinski definition) is 1. The van der Waals surface area contributed by atoms with Crippen molar-refractivity contribution in [2.45, 2.75) is 32.4 Å². The van der Waals surface area contributed by atoms with Gasteiger partial charge >= 0.3 is 0 Å². The van der Waals surface area contributed by atoms with E-state index in [1.165, 1.54) is 0 Å². The van der Waals surface area contributed by atoms with Gasteiger partial charge in [-0.2, -0.15) is 0 Å². The molecular weight excluding hydrogens is 252 g/mol. The van der Waals surface area contributed by atoms with Gasteiger partial charge in [-0.15, -0.1) is 0 Å². The van der Waals surface area contributed by atoms with Crippen LogP contribution in [0.15, 0.2) is 24.4 Å². The van der Waals surface area contributed by atoms with Crippen LogP contribution in [0.3, 0.4) is 0 Å². The van der Waals surface area contributed by atoms with Gasteiger partial charge in [-0.3, -0.25) is 14.7 Å². The van der Waals surface area contributed by atoms with Crippen LogP contribution in [0.4, 0.5) is 0 Å². The lowest BCUT2D eigenvalue weighted by Crippen LogP contribution is -2.57. The van der Waals surface area contributed by atoms with Crippen LogP contribution >= 0.6 is 0 Å². The SMILES string of the molecule is CC(c1ccccn1)N1CCN(C(=O)C(C)(C)N)CC1. The molecule has 2 rings (SSSR count). The summed E-state index contributed by atoms with van der Waals surface area (Å²) in [5, 5.41) is 0. The lowest BCUT2D eigenvalue weighted by atomic mass is 10.0. The number of hydrogen-bond acceptors (Lipinski definition) is 4. The van der Waals surface area contributed by atoms with E-state index in [0.29, 0.717) is 0 Å². The van der Waals surface area contributed by atoms with Crippen LogP contribution in [-0.4, -0.2) is 52.4 Å². The summed E-state index contributed by atoms with van der Waals surface area (Å²) in [6.07, 6.45) is 1.82. The Balaban J connectivity index is 1.93. The maximum Gasteiger partial charge on any atom is 0.242 e. The second-order valence-corrected chi connectivity index (χ2v) is 5.98. The molecule has 20 heavy (non-hydrogen) atoms. The minimum atomic E-state index is -0.783. The molecule has 1 aromatic rings. The Hall–Kier alpha value is -1.46. The van der Waals surface area contributed by atoms with E-state index in [-0.39, 0.29) is 11.9 Å². The fourth-order valence-corrected chi connectivity index (χ4v) is 2.53. The number of aromatic nitrogens is 1. The number of nitrogens with two attached hydrogens (primary N) is 1. The Bertz CT molecular complexity index is 447. The van der Waals surface area contributed by atoms with E-state index in [0.717, 1.165) is 31.9 Å². The number of pyridine rings is 1. The minimum absolute atomic E-state index is 0.0302. The van der Waals surface area contributed by atoms with Gasteiger partial charge < -0.3 is 10.6 Å². The van der Waals surface area contributed by atoms with Crippen molar-refractivity contribution in [2.24, 2.45) is 5.73 Å². The van der Waals surface area contributed by atoms with Gasteiger partial charge in [0.15, 0.2) is 0 Å². The monoisotopic (exact) mass is 276 g/mol. The lowest BCUT2D eigenvalue weighted by Gasteiger charge is -2.39. The summed E-state index contributed by atoms with van der Waals surface area (Å²) in [4.78, 5) is 20.8. The van der Waals surface area contributed by atoms with Gasteiger partial charge in [0.05, 0.1) is 11.2 Å². The molecule has 1 aromatic heterocycles. The molecule has 110 valence electrons. The summed E-state index contributed by atoms with van der Waals surface area (Å²) in [5.74, 6) is 0.0302. The van der Waals surface area contributed by atoms with Crippen LogP contribution in [-0.2, 0) is 4.79 Å². The van der Waals surface area contributed by atoms with E-state index in [4.69, 9.17) is 5.73 Å². The predicted molar refractivity (Wildman–Crippen MR) is 79.1 cm³/mol. The molecular formula is C15H24N4O. The summed E-state index contributed by atoms with van der Waals surface area (Å²) in [7, 11) is 0. The quantitative estimate of drug-likeness (QED) is 0.895. The molecule has 2 heterocycles. The molecule has 2 N–H and O–H groups in total. The van der Waals surface area contributed by atoms with Crippen LogP contribution in [0.1, 0.15) is 32.5 Å². The predicted octanol–water partition coefficient (Wildman–Crippen LogP) is 1.02. The highest BCUT2D eigenvalue weighted by atomic mass is 16.2. The third-order valence-corrected chi connectivity index (χ3v) is 3.82. The third-order valence-electron chi connectivity index (χ3n) is 3.82. The van der Waals surface area contributed by atoms with Crippen LogP contribution in [0.25, 0.3) is 0 Å². The molecule has 0 aromatic carbocycles. The van der Waals surface area contributed by atoms with E-state index in [1.54, 1.807) is 13.8 Å². The van der Waals surface area contributed by atoms with Gasteiger partial charge in [-0.1, -0.05) is 6.07 Å². The fraction of sp³-hybridized carbons (Fsp3) is 0.600. The number of nitrogens with zero attached hydrogens (tertiary/aromatic N) is 3. The topological polar surface area (TPSA) is 62.5 Å². The van der Waals surface area contributed by atoms with Crippen LogP contribution < -0.4 is 5.73 Å². The van der Waals surface area contributed by atoms with E-state index >= 15 is 0 Å². The Kier molecular flexibility index (Phi) is 4.40. The Morgan fingerprint density at radius 1 is 1.30 bits per heavy atom. The molecule has 1 atom stereocenters. The molecule has 0 radical (unpaired) electrons. The highest BCUT2D eigenvalue weighted by Gasteiger charge is 2.31. The first kappa shape index (κ1) is 14.9. The van der Waals surface area contributed by atoms with Crippen molar-refractivity contribution in [1.82, 2.24) is 14.8 Å². The Morgan fingerprint density at radius 3 is 2.45 bits per heavy atom. The molecule has 1 unspecified atom stereocenters. The van der Waals surface area contributed by atoms with Gasteiger partial charge in [0.2, 0.25) is 5.91 Å². The van der Waals surface area contributed by atoms with Crippen molar-refractivity contribution < 1.29 is 4.79 Å². The summed E-state index contributed by atoms with van der Waals surface area (Å²) in [6, 6.07) is 6.26. The van der Waals surface area contributed by atoms with Crippen molar-refractivity contribution in [3.63, 3.8) is 0 Å². The summed E-state index contributed by atoms with van der Waals surface area (Å²) in [6.45, 7) is 8.87. The summed E-state index contributed by atoms with van der Waals surface area (Å²) >= 11 is 0. The molecule has 1 aliphatic rings. The third kappa shape index (κ3) is 3.35. The van der Waals surface area contributed by atoms with Crippen LogP contribution in [0.2, 0.25) is 0 Å². The summed E-state index contributed by atoms with van der Waals surface area (Å²) in [5.41, 5.74) is 6.17. The maximum atomic E-state index is 12.1. The van der Waals surface area contributed by atoms with E-state index in [9.17, 15) is 4.79 Å². The normalized spacial score (nSPS) is 18.9. The number of piperazine rings is 1. The minimum Gasteiger partial charge on any atom is -0.339 e. The van der Waals surface area contributed by atoms with Gasteiger partial charge in [-0.25, -0.2) is 0 Å². The molecule has 0 spiro atoms. The van der Waals surface area contributed by atoms with Gasteiger partial charge in [0.1, 0.15) is 0 Å². The summed E-state index contributed by atoms with van der Waals surface area (Å²) < 4.78 is 0. The average molecular weight is 276 g/mol. The van der Waals surface area contributed by atoms with Crippen molar-refractivity contribution in [3.8, 4) is 0 Å². The smallest absolute Gasteiger partial charge is 0.242 e. The molecule has 5 heteroatoms. The first-order chi connectivity index (χ1) is 9.39. The second-order valence-electron chi connectivity index (χ2n) is 5.98. The molecule has 5 nitrogen and oxygen atoms in total. The fourth-order valence-electron chi connectivity index (χ4n) is 2.53. The van der Waals surface area contributed by atoms with Crippen molar-refractivity contribution in [1.29, 1.82) is 0 Å². The second kappa shape index (κ2) is 5.89. The number of carbonyl (C=O) groups excluding carboxylic acids is 1. The number of rotatable bonds is 3. The highest BCUT2D eigenvalue weighted by Crippen LogP contribution is 2.20. The standard InChI is InChI=1S/C15H24N4O/c1-12(13-6-4-5-7-17-13)18-8-10-19(11-9-18)14(20)15(2,3)16/h4-7,12H,8-11,16H2,1-3H3. The van der Waals surface area contributed by atoms with E-state index in [2.05, 4.69) is 16.8 Å². The zero-order chi connectivity index (χ0) is 14.8. The van der Waals surface area contributed by atoms with E-state index in [1.807, 2.05) is 29.3 Å². The zero-order valence-electron chi connectivity index (χ0n) is 12.5.